The first-order valence-corrected chi connectivity index (χ1v) is 7.98. The molecule has 0 spiro atoms. The van der Waals surface area contributed by atoms with Crippen LogP contribution in [0.2, 0.25) is 0 Å². The van der Waals surface area contributed by atoms with Gasteiger partial charge in [0.05, 0.1) is 24.9 Å². The van der Waals surface area contributed by atoms with E-state index < -0.39 is 7.60 Å². The molecule has 7 heteroatoms. The Morgan fingerprint density at radius 2 is 1.83 bits per heavy atom. The van der Waals surface area contributed by atoms with Crippen LogP contribution in [0.1, 0.15) is 34.1 Å². The van der Waals surface area contributed by atoms with Crippen molar-refractivity contribution < 1.29 is 23.1 Å². The largest absolute Gasteiger partial charge is 0.385 e. The molecule has 2 atom stereocenters. The predicted molar refractivity (Wildman–Crippen MR) is 69.9 cm³/mol. The van der Waals surface area contributed by atoms with E-state index in [1.165, 1.54) is 0 Å². The fraction of sp³-hybridized carbons (Fsp3) is 1.00. The first-order chi connectivity index (χ1) is 8.31. The fourth-order valence-corrected chi connectivity index (χ4v) is 3.52. The average molecular weight is 276 g/mol. The third-order valence-corrected chi connectivity index (χ3v) is 4.15. The second kappa shape index (κ2) is 7.06. The van der Waals surface area contributed by atoms with Gasteiger partial charge in [0.2, 0.25) is 0 Å². The second-order valence-corrected chi connectivity index (χ2v) is 6.85. The van der Waals surface area contributed by atoms with Crippen molar-refractivity contribution in [3.05, 3.63) is 0 Å². The Balaban J connectivity index is 2.48. The highest BCUT2D eigenvalue weighted by Gasteiger charge is 2.31. The van der Waals surface area contributed by atoms with Crippen LogP contribution in [0.5, 0.6) is 0 Å². The summed E-state index contributed by atoms with van der Waals surface area (Å²) in [6.07, 6.45) is 0.0355. The molecule has 1 saturated heterocycles. The third kappa shape index (κ3) is 5.85. The summed E-state index contributed by atoms with van der Waals surface area (Å²) in [5.74, 6) is 0. The van der Waals surface area contributed by atoms with E-state index in [0.717, 1.165) is 0 Å². The van der Waals surface area contributed by atoms with Crippen LogP contribution in [0.3, 0.4) is 0 Å². The van der Waals surface area contributed by atoms with E-state index in [-0.39, 0.29) is 30.7 Å². The van der Waals surface area contributed by atoms with Crippen LogP contribution in [-0.2, 0) is 23.1 Å². The third-order valence-electron chi connectivity index (χ3n) is 2.20. The predicted octanol–water partition coefficient (Wildman–Crippen LogP) is 2.29. The van der Waals surface area contributed by atoms with Crippen LogP contribution in [0.15, 0.2) is 0 Å². The number of ether oxygens (including phenoxy) is 2. The molecule has 0 aromatic rings. The lowest BCUT2D eigenvalue weighted by atomic mass is 9.97. The minimum atomic E-state index is -3.22. The first kappa shape index (κ1) is 16.2. The molecule has 0 aliphatic carbocycles. The Morgan fingerprint density at radius 1 is 1.28 bits per heavy atom. The monoisotopic (exact) mass is 276 g/mol. The molecule has 104 valence electrons. The highest BCUT2D eigenvalue weighted by Crippen LogP contribution is 2.50. The summed E-state index contributed by atoms with van der Waals surface area (Å²) in [5, 5.41) is 0. The lowest BCUT2D eigenvalue weighted by Crippen LogP contribution is -2.18. The van der Waals surface area contributed by atoms with Gasteiger partial charge in [0.1, 0.15) is 14.2 Å². The standard InChI is InChI=1S/C11H22BO5P/c1-8(2)16-18(13,17-9(3)4)7-15-10-5-11(12)14-6-10/h8-11H,5-7H2,1-4H3/t10-,11-/m1/s1. The van der Waals surface area contributed by atoms with E-state index in [0.29, 0.717) is 13.0 Å². The van der Waals surface area contributed by atoms with E-state index >= 15 is 0 Å². The molecule has 5 nitrogen and oxygen atoms in total. The van der Waals surface area contributed by atoms with Gasteiger partial charge in [0.15, 0.2) is 0 Å². The Morgan fingerprint density at radius 3 is 2.22 bits per heavy atom. The fourth-order valence-electron chi connectivity index (χ4n) is 1.67. The normalized spacial score (nSPS) is 25.2. The molecule has 1 heterocycles. The molecule has 0 bridgehead atoms. The van der Waals surface area contributed by atoms with Gasteiger partial charge in [-0.1, -0.05) is 0 Å². The van der Waals surface area contributed by atoms with Gasteiger partial charge >= 0.3 is 7.60 Å². The van der Waals surface area contributed by atoms with Gasteiger partial charge in [-0.15, -0.1) is 0 Å². The summed E-state index contributed by atoms with van der Waals surface area (Å²) < 4.78 is 33.9. The van der Waals surface area contributed by atoms with Crippen LogP contribution in [-0.4, -0.2) is 45.1 Å². The minimum absolute atomic E-state index is 0.0654. The van der Waals surface area contributed by atoms with Crippen LogP contribution in [0.4, 0.5) is 0 Å². The second-order valence-electron chi connectivity index (χ2n) is 4.94. The zero-order valence-corrected chi connectivity index (χ0v) is 12.4. The summed E-state index contributed by atoms with van der Waals surface area (Å²) in [7, 11) is 2.37. The van der Waals surface area contributed by atoms with Gasteiger partial charge < -0.3 is 18.5 Å². The summed E-state index contributed by atoms with van der Waals surface area (Å²) in [6.45, 7) is 7.66. The molecule has 0 N–H and O–H groups in total. The van der Waals surface area contributed by atoms with Gasteiger partial charge in [-0.3, -0.25) is 4.57 Å². The zero-order chi connectivity index (χ0) is 13.8. The van der Waals surface area contributed by atoms with Crippen LogP contribution in [0, 0.1) is 0 Å². The Hall–Kier alpha value is 0.135. The van der Waals surface area contributed by atoms with Crippen molar-refractivity contribution in [3.63, 3.8) is 0 Å². The maximum absolute atomic E-state index is 12.4. The molecule has 18 heavy (non-hydrogen) atoms. The highest BCUT2D eigenvalue weighted by atomic mass is 31.2. The average Bonchev–Trinajstić information content (AvgIpc) is 2.59. The first-order valence-electron chi connectivity index (χ1n) is 6.25. The van der Waals surface area contributed by atoms with Gasteiger partial charge in [-0.05, 0) is 34.1 Å². The number of rotatable bonds is 7. The number of hydrogen-bond donors (Lipinski definition) is 0. The molecule has 0 unspecified atom stereocenters. The van der Waals surface area contributed by atoms with E-state index in [1.807, 2.05) is 27.7 Å². The molecular formula is C11H22BO5P. The van der Waals surface area contributed by atoms with E-state index in [4.69, 9.17) is 26.4 Å². The van der Waals surface area contributed by atoms with E-state index in [1.54, 1.807) is 0 Å². The van der Waals surface area contributed by atoms with E-state index in [9.17, 15) is 4.57 Å². The molecule has 1 aliphatic heterocycles. The Labute approximate surface area is 110 Å². The molecule has 0 aromatic carbocycles. The Bertz CT molecular complexity index is 283. The van der Waals surface area contributed by atoms with Gasteiger partial charge in [-0.2, -0.15) is 0 Å². The molecule has 2 radical (unpaired) electrons. The van der Waals surface area contributed by atoms with Crippen molar-refractivity contribution in [3.8, 4) is 0 Å². The van der Waals surface area contributed by atoms with Crippen molar-refractivity contribution in [1.29, 1.82) is 0 Å². The molecule has 1 aliphatic rings. The number of hydrogen-bond acceptors (Lipinski definition) is 5. The van der Waals surface area contributed by atoms with Gasteiger partial charge in [0.25, 0.3) is 0 Å². The lowest BCUT2D eigenvalue weighted by Gasteiger charge is -2.23. The highest BCUT2D eigenvalue weighted by molar-refractivity contribution is 7.53. The van der Waals surface area contributed by atoms with Gasteiger partial charge in [-0.25, -0.2) is 0 Å². The summed E-state index contributed by atoms with van der Waals surface area (Å²) in [4.78, 5) is 0. The smallest absolute Gasteiger partial charge is 0.356 e. The van der Waals surface area contributed by atoms with Crippen molar-refractivity contribution in [2.75, 3.05) is 13.0 Å². The molecule has 1 fully saturated rings. The van der Waals surface area contributed by atoms with Crippen LogP contribution in [0.25, 0.3) is 0 Å². The quantitative estimate of drug-likeness (QED) is 0.527. The SMILES string of the molecule is [B][C@H]1C[C@@H](OCP(=O)(OC(C)C)OC(C)C)CO1. The summed E-state index contributed by atoms with van der Waals surface area (Å²) in [6, 6.07) is -0.300. The minimum Gasteiger partial charge on any atom is -0.385 e. The van der Waals surface area contributed by atoms with Gasteiger partial charge in [0, 0.05) is 6.00 Å². The van der Waals surface area contributed by atoms with Crippen molar-refractivity contribution in [2.24, 2.45) is 0 Å². The summed E-state index contributed by atoms with van der Waals surface area (Å²) in [5.41, 5.74) is 0. The van der Waals surface area contributed by atoms with Crippen molar-refractivity contribution in [1.82, 2.24) is 0 Å². The van der Waals surface area contributed by atoms with Crippen molar-refractivity contribution >= 4 is 15.4 Å². The molecule has 0 saturated carbocycles. The molecule has 0 amide bonds. The zero-order valence-electron chi connectivity index (χ0n) is 11.5. The maximum atomic E-state index is 12.4. The topological polar surface area (TPSA) is 54.0 Å². The van der Waals surface area contributed by atoms with Crippen LogP contribution < -0.4 is 0 Å². The molecular weight excluding hydrogens is 254 g/mol. The maximum Gasteiger partial charge on any atom is 0.356 e. The molecule has 0 aromatic heterocycles. The van der Waals surface area contributed by atoms with Crippen LogP contribution >= 0.6 is 7.60 Å². The van der Waals surface area contributed by atoms with E-state index in [2.05, 4.69) is 0 Å². The summed E-state index contributed by atoms with van der Waals surface area (Å²) >= 11 is 0. The Kier molecular flexibility index (Phi) is 6.35. The molecule has 1 rings (SSSR count). The lowest BCUT2D eigenvalue weighted by molar-refractivity contribution is 0.0443. The van der Waals surface area contributed by atoms with Crippen molar-refractivity contribution in [2.45, 2.75) is 58.4 Å².